The first-order chi connectivity index (χ1) is 14.2. The molecule has 0 spiro atoms. The van der Waals surface area contributed by atoms with Gasteiger partial charge in [-0.15, -0.1) is 0 Å². The fourth-order valence-electron chi connectivity index (χ4n) is 2.84. The third kappa shape index (κ3) is 7.11. The van der Waals surface area contributed by atoms with Gasteiger partial charge in [-0.3, -0.25) is 9.59 Å². The highest BCUT2D eigenvalue weighted by atomic mass is 79.9. The average molecular weight is 500 g/mol. The zero-order valence-electron chi connectivity index (χ0n) is 16.4. The van der Waals surface area contributed by atoms with Gasteiger partial charge in [-0.1, -0.05) is 39.7 Å². The van der Waals surface area contributed by atoms with Crippen LogP contribution in [0.5, 0.6) is 0 Å². The van der Waals surface area contributed by atoms with E-state index in [1.807, 2.05) is 0 Å². The number of esters is 1. The van der Waals surface area contributed by atoms with Crippen molar-refractivity contribution in [3.63, 3.8) is 0 Å². The van der Waals surface area contributed by atoms with Crippen LogP contribution in [0.25, 0.3) is 0 Å². The Morgan fingerprint density at radius 1 is 1.07 bits per heavy atom. The van der Waals surface area contributed by atoms with Crippen LogP contribution in [-0.4, -0.2) is 37.0 Å². The summed E-state index contributed by atoms with van der Waals surface area (Å²) in [7, 11) is 1.22. The van der Waals surface area contributed by atoms with Crippen LogP contribution in [0.2, 0.25) is 5.02 Å². The molecule has 2 rings (SSSR count). The van der Waals surface area contributed by atoms with Crippen LogP contribution in [0.1, 0.15) is 18.1 Å². The van der Waals surface area contributed by atoms with Gasteiger partial charge in [0.15, 0.2) is 0 Å². The molecule has 0 unspecified atom stereocenters. The third-order valence-electron chi connectivity index (χ3n) is 4.28. The highest BCUT2D eigenvalue weighted by Crippen LogP contribution is 2.22. The number of ether oxygens (including phenoxy) is 1. The van der Waals surface area contributed by atoms with Gasteiger partial charge in [-0.2, -0.15) is 0 Å². The minimum atomic E-state index is -0.998. The van der Waals surface area contributed by atoms with Gasteiger partial charge in [0.2, 0.25) is 11.8 Å². The van der Waals surface area contributed by atoms with Crippen molar-refractivity contribution in [2.24, 2.45) is 0 Å². The van der Waals surface area contributed by atoms with Crippen LogP contribution in [0.3, 0.4) is 0 Å². The van der Waals surface area contributed by atoms with Crippen molar-refractivity contribution in [1.82, 2.24) is 10.6 Å². The Hall–Kier alpha value is -2.45. The van der Waals surface area contributed by atoms with Crippen molar-refractivity contribution >= 4 is 45.3 Å². The molecule has 30 heavy (non-hydrogen) atoms. The lowest BCUT2D eigenvalue weighted by molar-refractivity contribution is -0.145. The Kier molecular flexibility index (Phi) is 8.80. The largest absolute Gasteiger partial charge is 0.467 e. The van der Waals surface area contributed by atoms with E-state index < -0.39 is 35.7 Å². The molecule has 0 aliphatic rings. The maximum atomic E-state index is 13.1. The summed E-state index contributed by atoms with van der Waals surface area (Å²) in [5.41, 5.74) is 1.35. The molecule has 0 saturated heterocycles. The first kappa shape index (κ1) is 23.8. The summed E-state index contributed by atoms with van der Waals surface area (Å²) in [6.45, 7) is 1.28. The fraction of sp³-hybridized carbons (Fsp3) is 0.286. The molecule has 9 heteroatoms. The van der Waals surface area contributed by atoms with Crippen LogP contribution in [-0.2, 0) is 32.0 Å². The van der Waals surface area contributed by atoms with Crippen molar-refractivity contribution in [2.45, 2.75) is 31.8 Å². The maximum absolute atomic E-state index is 13.1. The summed E-state index contributed by atoms with van der Waals surface area (Å²) in [6.07, 6.45) is 0.253. The highest BCUT2D eigenvalue weighted by molar-refractivity contribution is 9.10. The molecule has 0 saturated carbocycles. The van der Waals surface area contributed by atoms with E-state index in [4.69, 9.17) is 16.3 Å². The van der Waals surface area contributed by atoms with Gasteiger partial charge < -0.3 is 15.4 Å². The van der Waals surface area contributed by atoms with E-state index in [9.17, 15) is 18.8 Å². The number of amides is 2. The summed E-state index contributed by atoms with van der Waals surface area (Å²) >= 11 is 9.43. The molecule has 2 amide bonds. The number of carbonyl (C=O) groups is 3. The Bertz CT molecular complexity index is 924. The lowest BCUT2D eigenvalue weighted by Crippen LogP contribution is -2.53. The number of carbonyl (C=O) groups excluding carboxylic acids is 3. The zero-order valence-corrected chi connectivity index (χ0v) is 18.7. The van der Waals surface area contributed by atoms with Crippen molar-refractivity contribution in [2.75, 3.05) is 7.11 Å². The van der Waals surface area contributed by atoms with Crippen LogP contribution in [0.4, 0.5) is 4.39 Å². The SMILES string of the molecule is COC(=O)[C@@H](Cc1cc(Cl)ccc1Br)NC(=O)[C@H](Cc1ccc(F)cc1)NC(C)=O. The molecular formula is C21H21BrClFN2O4. The normalized spacial score (nSPS) is 12.6. The van der Waals surface area contributed by atoms with Crippen LogP contribution in [0, 0.1) is 5.82 Å². The van der Waals surface area contributed by atoms with Crippen molar-refractivity contribution in [3.05, 3.63) is 68.9 Å². The smallest absolute Gasteiger partial charge is 0.328 e. The van der Waals surface area contributed by atoms with Crippen molar-refractivity contribution in [3.8, 4) is 0 Å². The lowest BCUT2D eigenvalue weighted by Gasteiger charge is -2.22. The topological polar surface area (TPSA) is 84.5 Å². The molecule has 0 fully saturated rings. The Labute approximate surface area is 187 Å². The van der Waals surface area contributed by atoms with Gasteiger partial charge in [-0.05, 0) is 41.5 Å². The number of methoxy groups -OCH3 is 1. The van der Waals surface area contributed by atoms with E-state index in [2.05, 4.69) is 26.6 Å². The number of benzene rings is 2. The number of nitrogens with one attached hydrogen (secondary N) is 2. The molecule has 0 aromatic heterocycles. The van der Waals surface area contributed by atoms with E-state index in [1.165, 1.54) is 38.3 Å². The zero-order chi connectivity index (χ0) is 22.3. The Morgan fingerprint density at radius 2 is 1.73 bits per heavy atom. The Morgan fingerprint density at radius 3 is 2.33 bits per heavy atom. The molecule has 2 aromatic carbocycles. The van der Waals surface area contributed by atoms with E-state index in [0.29, 0.717) is 16.1 Å². The van der Waals surface area contributed by atoms with Gasteiger partial charge in [0.05, 0.1) is 7.11 Å². The summed E-state index contributed by atoms with van der Waals surface area (Å²) in [5, 5.41) is 5.68. The third-order valence-corrected chi connectivity index (χ3v) is 5.29. The van der Waals surface area contributed by atoms with E-state index >= 15 is 0 Å². The first-order valence-corrected chi connectivity index (χ1v) is 10.2. The summed E-state index contributed by atoms with van der Waals surface area (Å²) in [4.78, 5) is 36.7. The van der Waals surface area contributed by atoms with Gasteiger partial charge in [-0.25, -0.2) is 9.18 Å². The lowest BCUT2D eigenvalue weighted by atomic mass is 10.0. The van der Waals surface area contributed by atoms with E-state index in [1.54, 1.807) is 18.2 Å². The van der Waals surface area contributed by atoms with E-state index in [0.717, 1.165) is 4.47 Å². The van der Waals surface area contributed by atoms with Gasteiger partial charge in [0, 0.05) is 29.3 Å². The molecular weight excluding hydrogens is 479 g/mol. The summed E-state index contributed by atoms with van der Waals surface area (Å²) in [6, 6.07) is 8.75. The summed E-state index contributed by atoms with van der Waals surface area (Å²) < 4.78 is 18.7. The minimum Gasteiger partial charge on any atom is -0.467 e. The van der Waals surface area contributed by atoms with Gasteiger partial charge >= 0.3 is 5.97 Å². The van der Waals surface area contributed by atoms with Gasteiger partial charge in [0.1, 0.15) is 17.9 Å². The molecule has 6 nitrogen and oxygen atoms in total. The quantitative estimate of drug-likeness (QED) is 0.547. The molecule has 160 valence electrons. The second kappa shape index (κ2) is 11.1. The highest BCUT2D eigenvalue weighted by Gasteiger charge is 2.28. The maximum Gasteiger partial charge on any atom is 0.328 e. The predicted octanol–water partition coefficient (Wildman–Crippen LogP) is 3.19. The minimum absolute atomic E-state index is 0.125. The number of halogens is 3. The average Bonchev–Trinajstić information content (AvgIpc) is 2.70. The van der Waals surface area contributed by atoms with Crippen molar-refractivity contribution < 1.29 is 23.5 Å². The predicted molar refractivity (Wildman–Crippen MR) is 115 cm³/mol. The molecule has 2 atom stereocenters. The molecule has 0 aliphatic heterocycles. The standard InChI is InChI=1S/C21H21BrClFN2O4/c1-12(27)25-18(9-13-3-6-16(24)7-4-13)20(28)26-19(21(29)30-2)11-14-10-15(23)5-8-17(14)22/h3-8,10,18-19H,9,11H2,1-2H3,(H,25,27)(H,26,28)/t18-,19+/m0/s1. The molecule has 2 N–H and O–H groups in total. The van der Waals surface area contributed by atoms with Crippen LogP contribution < -0.4 is 10.6 Å². The monoisotopic (exact) mass is 498 g/mol. The molecule has 2 aromatic rings. The van der Waals surface area contributed by atoms with Crippen LogP contribution in [0.15, 0.2) is 46.9 Å². The molecule has 0 bridgehead atoms. The van der Waals surface area contributed by atoms with Crippen molar-refractivity contribution in [1.29, 1.82) is 0 Å². The Balaban J connectivity index is 2.20. The molecule has 0 aliphatic carbocycles. The molecule has 0 heterocycles. The fourth-order valence-corrected chi connectivity index (χ4v) is 3.44. The summed E-state index contributed by atoms with van der Waals surface area (Å²) in [5.74, 6) is -2.02. The van der Waals surface area contributed by atoms with Gasteiger partial charge in [0.25, 0.3) is 0 Å². The van der Waals surface area contributed by atoms with E-state index in [-0.39, 0.29) is 12.8 Å². The number of rotatable bonds is 8. The second-order valence-corrected chi connectivity index (χ2v) is 7.90. The number of hydrogen-bond donors (Lipinski definition) is 2. The second-order valence-electron chi connectivity index (χ2n) is 6.61. The first-order valence-electron chi connectivity index (χ1n) is 9.03. The van der Waals surface area contributed by atoms with Crippen LogP contribution >= 0.6 is 27.5 Å². The number of hydrogen-bond acceptors (Lipinski definition) is 4. The molecule has 0 radical (unpaired) electrons.